The Morgan fingerprint density at radius 3 is 1.71 bits per heavy atom. The monoisotopic (exact) mass is 294 g/mol. The van der Waals surface area contributed by atoms with Gasteiger partial charge in [-0.05, 0) is 32.1 Å². The number of hydrogen-bond acceptors (Lipinski definition) is 2. The summed E-state index contributed by atoms with van der Waals surface area (Å²) in [4.78, 5) is 25.8. The third-order valence-electron chi connectivity index (χ3n) is 5.04. The lowest BCUT2D eigenvalue weighted by Crippen LogP contribution is -2.48. The zero-order chi connectivity index (χ0) is 15.1. The summed E-state index contributed by atoms with van der Waals surface area (Å²) in [5, 5.41) is 0. The van der Waals surface area contributed by atoms with Gasteiger partial charge >= 0.3 is 0 Å². The first kappa shape index (κ1) is 16.3. The maximum absolute atomic E-state index is 12.7. The van der Waals surface area contributed by atoms with Crippen LogP contribution in [0.25, 0.3) is 0 Å². The van der Waals surface area contributed by atoms with Crippen LogP contribution in [0.4, 0.5) is 0 Å². The molecule has 0 aliphatic heterocycles. The second kappa shape index (κ2) is 8.40. The topological polar surface area (TPSA) is 63.4 Å². The lowest BCUT2D eigenvalue weighted by atomic mass is 9.88. The molecule has 0 unspecified atom stereocenters. The summed E-state index contributed by atoms with van der Waals surface area (Å²) in [5.41, 5.74) is 5.18. The van der Waals surface area contributed by atoms with E-state index in [0.29, 0.717) is 31.3 Å². The van der Waals surface area contributed by atoms with Crippen molar-refractivity contribution in [2.75, 3.05) is 0 Å². The van der Waals surface area contributed by atoms with Crippen LogP contribution in [-0.4, -0.2) is 28.8 Å². The molecule has 0 atom stereocenters. The van der Waals surface area contributed by atoms with E-state index in [-0.39, 0.29) is 11.8 Å². The van der Waals surface area contributed by atoms with E-state index >= 15 is 0 Å². The van der Waals surface area contributed by atoms with Crippen molar-refractivity contribution in [3.63, 3.8) is 0 Å². The van der Waals surface area contributed by atoms with Crippen LogP contribution >= 0.6 is 0 Å². The zero-order valence-electron chi connectivity index (χ0n) is 13.2. The normalized spacial score (nSPS) is 21.1. The van der Waals surface area contributed by atoms with E-state index in [9.17, 15) is 9.59 Å². The SMILES string of the molecule is NC(=O)CCCC(=O)N(C1CCCCC1)C1CCCCC1. The molecule has 0 saturated heterocycles. The predicted octanol–water partition coefficient (Wildman–Crippen LogP) is 3.14. The Morgan fingerprint density at radius 1 is 0.810 bits per heavy atom. The van der Waals surface area contributed by atoms with Crippen molar-refractivity contribution >= 4 is 11.8 Å². The molecular formula is C17H30N2O2. The van der Waals surface area contributed by atoms with Crippen LogP contribution in [0.15, 0.2) is 0 Å². The minimum absolute atomic E-state index is 0.259. The molecule has 2 aliphatic carbocycles. The first-order valence-corrected chi connectivity index (χ1v) is 8.78. The van der Waals surface area contributed by atoms with Crippen molar-refractivity contribution in [1.29, 1.82) is 0 Å². The molecule has 0 radical (unpaired) electrons. The van der Waals surface area contributed by atoms with Gasteiger partial charge in [0.1, 0.15) is 0 Å². The molecule has 0 heterocycles. The summed E-state index contributed by atoms with van der Waals surface area (Å²) in [6.45, 7) is 0. The van der Waals surface area contributed by atoms with Crippen molar-refractivity contribution in [1.82, 2.24) is 4.90 Å². The standard InChI is InChI=1S/C17H30N2O2/c18-16(20)12-7-13-17(21)19(14-8-3-1-4-9-14)15-10-5-2-6-11-15/h14-15H,1-13H2,(H2,18,20). The Kier molecular flexibility index (Phi) is 6.52. The molecule has 4 nitrogen and oxygen atoms in total. The minimum Gasteiger partial charge on any atom is -0.370 e. The number of carbonyl (C=O) groups excluding carboxylic acids is 2. The molecule has 0 spiro atoms. The van der Waals surface area contributed by atoms with E-state index in [0.717, 1.165) is 25.7 Å². The number of rotatable bonds is 6. The van der Waals surface area contributed by atoms with Crippen LogP contribution in [0.3, 0.4) is 0 Å². The van der Waals surface area contributed by atoms with Crippen LogP contribution in [-0.2, 0) is 9.59 Å². The average molecular weight is 294 g/mol. The van der Waals surface area contributed by atoms with Gasteiger partial charge in [-0.1, -0.05) is 38.5 Å². The summed E-state index contributed by atoms with van der Waals surface area (Å²) in [7, 11) is 0. The average Bonchev–Trinajstić information content (AvgIpc) is 2.49. The molecule has 2 N–H and O–H groups in total. The summed E-state index contributed by atoms with van der Waals surface area (Å²) >= 11 is 0. The van der Waals surface area contributed by atoms with Crippen LogP contribution in [0.5, 0.6) is 0 Å². The van der Waals surface area contributed by atoms with E-state index in [1.165, 1.54) is 38.5 Å². The molecule has 0 aromatic heterocycles. The van der Waals surface area contributed by atoms with Crippen molar-refractivity contribution in [3.05, 3.63) is 0 Å². The molecule has 0 bridgehead atoms. The van der Waals surface area contributed by atoms with Crippen molar-refractivity contribution in [2.24, 2.45) is 5.73 Å². The summed E-state index contributed by atoms with van der Waals surface area (Å²) in [5.74, 6) is -0.0419. The largest absolute Gasteiger partial charge is 0.370 e. The maximum Gasteiger partial charge on any atom is 0.223 e. The molecular weight excluding hydrogens is 264 g/mol. The first-order valence-electron chi connectivity index (χ1n) is 8.78. The first-order chi connectivity index (χ1) is 10.2. The Hall–Kier alpha value is -1.06. The minimum atomic E-state index is -0.301. The maximum atomic E-state index is 12.7. The number of nitrogens with zero attached hydrogens (tertiary/aromatic N) is 1. The second-order valence-corrected chi connectivity index (χ2v) is 6.70. The Labute approximate surface area is 128 Å². The second-order valence-electron chi connectivity index (χ2n) is 6.70. The van der Waals surface area contributed by atoms with Gasteiger partial charge in [0.25, 0.3) is 0 Å². The summed E-state index contributed by atoms with van der Waals surface area (Å²) < 4.78 is 0. The van der Waals surface area contributed by atoms with Crippen molar-refractivity contribution in [3.8, 4) is 0 Å². The third kappa shape index (κ3) is 5.01. The number of primary amides is 1. The predicted molar refractivity (Wildman–Crippen MR) is 83.6 cm³/mol. The van der Waals surface area contributed by atoms with Gasteiger partial charge in [0.05, 0.1) is 0 Å². The quantitative estimate of drug-likeness (QED) is 0.818. The highest BCUT2D eigenvalue weighted by Gasteiger charge is 2.31. The molecule has 4 heteroatoms. The number of carbonyl (C=O) groups is 2. The summed E-state index contributed by atoms with van der Waals surface area (Å²) in [6.07, 6.45) is 13.7. The van der Waals surface area contributed by atoms with E-state index in [2.05, 4.69) is 4.90 Å². The highest BCUT2D eigenvalue weighted by molar-refractivity contribution is 5.78. The molecule has 2 saturated carbocycles. The highest BCUT2D eigenvalue weighted by atomic mass is 16.2. The zero-order valence-corrected chi connectivity index (χ0v) is 13.2. The molecule has 0 aromatic carbocycles. The molecule has 2 rings (SSSR count). The van der Waals surface area contributed by atoms with Gasteiger partial charge in [-0.25, -0.2) is 0 Å². The van der Waals surface area contributed by atoms with Crippen LogP contribution in [0.1, 0.15) is 83.5 Å². The van der Waals surface area contributed by atoms with E-state index in [1.54, 1.807) is 0 Å². The van der Waals surface area contributed by atoms with Gasteiger partial charge in [0, 0.05) is 24.9 Å². The van der Waals surface area contributed by atoms with Crippen LogP contribution < -0.4 is 5.73 Å². The summed E-state index contributed by atoms with van der Waals surface area (Å²) in [6, 6.07) is 0.894. The number of nitrogens with two attached hydrogens (primary N) is 1. The fourth-order valence-electron chi connectivity index (χ4n) is 3.97. The van der Waals surface area contributed by atoms with Gasteiger partial charge in [-0.15, -0.1) is 0 Å². The van der Waals surface area contributed by atoms with Gasteiger partial charge in [0.2, 0.25) is 11.8 Å². The van der Waals surface area contributed by atoms with Crippen molar-refractivity contribution < 1.29 is 9.59 Å². The van der Waals surface area contributed by atoms with Crippen molar-refractivity contribution in [2.45, 2.75) is 95.6 Å². The molecule has 2 aliphatic rings. The fourth-order valence-corrected chi connectivity index (χ4v) is 3.97. The fraction of sp³-hybridized carbons (Fsp3) is 0.882. The smallest absolute Gasteiger partial charge is 0.223 e. The molecule has 21 heavy (non-hydrogen) atoms. The molecule has 0 aromatic rings. The molecule has 120 valence electrons. The molecule has 2 amide bonds. The number of amides is 2. The van der Waals surface area contributed by atoms with E-state index in [4.69, 9.17) is 5.73 Å². The highest BCUT2D eigenvalue weighted by Crippen LogP contribution is 2.30. The van der Waals surface area contributed by atoms with Gasteiger partial charge in [-0.3, -0.25) is 9.59 Å². The Bertz CT molecular complexity index is 327. The van der Waals surface area contributed by atoms with E-state index < -0.39 is 0 Å². The van der Waals surface area contributed by atoms with Crippen LogP contribution in [0, 0.1) is 0 Å². The van der Waals surface area contributed by atoms with E-state index in [1.807, 2.05) is 0 Å². The Morgan fingerprint density at radius 2 is 1.29 bits per heavy atom. The Balaban J connectivity index is 1.95. The van der Waals surface area contributed by atoms with Gasteiger partial charge in [0.15, 0.2) is 0 Å². The van der Waals surface area contributed by atoms with Gasteiger partial charge < -0.3 is 10.6 Å². The molecule has 2 fully saturated rings. The number of hydrogen-bond donors (Lipinski definition) is 1. The lowest BCUT2D eigenvalue weighted by Gasteiger charge is -2.42. The van der Waals surface area contributed by atoms with Crippen LogP contribution in [0.2, 0.25) is 0 Å². The lowest BCUT2D eigenvalue weighted by molar-refractivity contribution is -0.138. The third-order valence-corrected chi connectivity index (χ3v) is 5.04. The van der Waals surface area contributed by atoms with Gasteiger partial charge in [-0.2, -0.15) is 0 Å².